The van der Waals surface area contributed by atoms with Crippen LogP contribution in [-0.4, -0.2) is 32.7 Å². The molecule has 7 nitrogen and oxygen atoms in total. The Labute approximate surface area is 107 Å². The van der Waals surface area contributed by atoms with Crippen LogP contribution in [0.3, 0.4) is 0 Å². The normalized spacial score (nSPS) is 15.7. The Morgan fingerprint density at radius 2 is 2.11 bits per heavy atom. The molecule has 0 fully saturated rings. The summed E-state index contributed by atoms with van der Waals surface area (Å²) in [5.74, 6) is -1.15. The number of amides is 1. The van der Waals surface area contributed by atoms with Gasteiger partial charge in [0.1, 0.15) is 5.71 Å². The highest BCUT2D eigenvalue weighted by molar-refractivity contribution is 6.37. The molecule has 7 heteroatoms. The molecule has 2 heterocycles. The molecule has 2 N–H and O–H groups in total. The van der Waals surface area contributed by atoms with E-state index >= 15 is 0 Å². The number of fused-ring (bicyclic) bond motifs is 1. The number of imidazole rings is 1. The minimum Gasteiger partial charge on any atom is -0.477 e. The maximum absolute atomic E-state index is 11.8. The summed E-state index contributed by atoms with van der Waals surface area (Å²) in [6, 6.07) is 7.29. The topological polar surface area (TPSA) is 98.6 Å². The average molecular weight is 258 g/mol. The summed E-state index contributed by atoms with van der Waals surface area (Å²) in [6.45, 7) is 0. The quantitative estimate of drug-likeness (QED) is 0.843. The molecule has 1 aliphatic heterocycles. The molecule has 1 aromatic heterocycles. The van der Waals surface area contributed by atoms with Crippen molar-refractivity contribution in [2.45, 2.75) is 12.8 Å². The van der Waals surface area contributed by atoms with Crippen molar-refractivity contribution in [1.82, 2.24) is 9.97 Å². The largest absolute Gasteiger partial charge is 0.477 e. The van der Waals surface area contributed by atoms with Crippen molar-refractivity contribution < 1.29 is 14.7 Å². The second kappa shape index (κ2) is 4.20. The van der Waals surface area contributed by atoms with E-state index in [1.165, 1.54) is 0 Å². The van der Waals surface area contributed by atoms with Gasteiger partial charge >= 0.3 is 5.97 Å². The van der Waals surface area contributed by atoms with Crippen LogP contribution in [0.15, 0.2) is 29.4 Å². The molecule has 1 aliphatic rings. The average Bonchev–Trinajstić information content (AvgIpc) is 2.82. The summed E-state index contributed by atoms with van der Waals surface area (Å²) in [4.78, 5) is 29.9. The van der Waals surface area contributed by atoms with Crippen LogP contribution in [0.2, 0.25) is 0 Å². The van der Waals surface area contributed by atoms with Gasteiger partial charge in [0.15, 0.2) is 0 Å². The zero-order valence-electron chi connectivity index (χ0n) is 9.83. The number of hydrogen-bond donors (Lipinski definition) is 2. The van der Waals surface area contributed by atoms with E-state index in [4.69, 9.17) is 5.11 Å². The van der Waals surface area contributed by atoms with Gasteiger partial charge in [0.25, 0.3) is 0 Å². The first-order valence-electron chi connectivity index (χ1n) is 5.73. The van der Waals surface area contributed by atoms with E-state index in [0.29, 0.717) is 5.52 Å². The van der Waals surface area contributed by atoms with E-state index in [0.717, 1.165) is 10.5 Å². The number of hydrogen-bond acceptors (Lipinski definition) is 4. The smallest absolute Gasteiger partial charge is 0.352 e. The Kier molecular flexibility index (Phi) is 2.52. The van der Waals surface area contributed by atoms with E-state index in [-0.39, 0.29) is 30.4 Å². The van der Waals surface area contributed by atoms with Crippen LogP contribution in [-0.2, 0) is 9.59 Å². The molecule has 0 bridgehead atoms. The van der Waals surface area contributed by atoms with Crippen molar-refractivity contribution in [1.29, 1.82) is 0 Å². The van der Waals surface area contributed by atoms with Gasteiger partial charge in [0, 0.05) is 12.8 Å². The zero-order valence-corrected chi connectivity index (χ0v) is 9.83. The second-order valence-corrected chi connectivity index (χ2v) is 4.13. The van der Waals surface area contributed by atoms with Gasteiger partial charge in [-0.1, -0.05) is 12.1 Å². The van der Waals surface area contributed by atoms with Crippen molar-refractivity contribution >= 4 is 34.6 Å². The highest BCUT2D eigenvalue weighted by atomic mass is 16.4. The number of aliphatic carboxylic acids is 1. The van der Waals surface area contributed by atoms with Gasteiger partial charge in [-0.2, -0.15) is 10.1 Å². The molecule has 1 aromatic carbocycles. The Morgan fingerprint density at radius 3 is 2.84 bits per heavy atom. The van der Waals surface area contributed by atoms with Gasteiger partial charge in [-0.3, -0.25) is 4.79 Å². The predicted molar refractivity (Wildman–Crippen MR) is 67.9 cm³/mol. The molecule has 0 aliphatic carbocycles. The lowest BCUT2D eigenvalue weighted by Gasteiger charge is -2.19. The summed E-state index contributed by atoms with van der Waals surface area (Å²) < 4.78 is 0. The van der Waals surface area contributed by atoms with Crippen molar-refractivity contribution in [3.8, 4) is 0 Å². The van der Waals surface area contributed by atoms with E-state index in [1.807, 2.05) is 18.2 Å². The fraction of sp³-hybridized carbons (Fsp3) is 0.167. The molecule has 0 atom stereocenters. The Hall–Kier alpha value is -2.70. The molecule has 1 amide bonds. The number of anilines is 1. The Morgan fingerprint density at radius 1 is 1.32 bits per heavy atom. The Bertz CT molecular complexity index is 671. The standard InChI is InChI=1S/C12H10N4O3/c17-10-6-5-9(11(18)19)15-16(10)12-13-7-3-1-2-4-8(7)14-12/h1-4H,5-6H2,(H,13,14)(H,18,19). The molecule has 3 rings (SSSR count). The maximum Gasteiger partial charge on any atom is 0.352 e. The molecule has 0 saturated carbocycles. The number of carboxylic acids is 1. The number of nitrogens with zero attached hydrogens (tertiary/aromatic N) is 3. The van der Waals surface area contributed by atoms with E-state index < -0.39 is 5.97 Å². The summed E-state index contributed by atoms with van der Waals surface area (Å²) in [7, 11) is 0. The van der Waals surface area contributed by atoms with Crippen molar-refractivity contribution in [2.24, 2.45) is 5.10 Å². The number of rotatable bonds is 2. The highest BCUT2D eigenvalue weighted by Crippen LogP contribution is 2.20. The van der Waals surface area contributed by atoms with Gasteiger partial charge in [-0.25, -0.2) is 9.78 Å². The molecule has 0 radical (unpaired) electrons. The first kappa shape index (κ1) is 11.4. The molecule has 96 valence electrons. The SMILES string of the molecule is O=C(O)C1=NN(c2nc3ccccc3[nH]2)C(=O)CC1. The second-order valence-electron chi connectivity index (χ2n) is 4.13. The number of hydrazone groups is 1. The van der Waals surface area contributed by atoms with Crippen molar-refractivity contribution in [3.05, 3.63) is 24.3 Å². The number of carbonyl (C=O) groups excluding carboxylic acids is 1. The number of carboxylic acid groups (broad SMARTS) is 1. The Balaban J connectivity index is 2.06. The van der Waals surface area contributed by atoms with Gasteiger partial charge < -0.3 is 10.1 Å². The molecule has 19 heavy (non-hydrogen) atoms. The number of aromatic nitrogens is 2. The van der Waals surface area contributed by atoms with Gasteiger partial charge in [-0.15, -0.1) is 0 Å². The van der Waals surface area contributed by atoms with Gasteiger partial charge in [-0.05, 0) is 12.1 Å². The molecular formula is C12H10N4O3. The minimum atomic E-state index is -1.12. The highest BCUT2D eigenvalue weighted by Gasteiger charge is 2.27. The van der Waals surface area contributed by atoms with E-state index in [9.17, 15) is 9.59 Å². The summed E-state index contributed by atoms with van der Waals surface area (Å²) in [5, 5.41) is 13.8. The summed E-state index contributed by atoms with van der Waals surface area (Å²) in [6.07, 6.45) is 0.257. The van der Waals surface area contributed by atoms with Crippen LogP contribution in [0.4, 0.5) is 5.95 Å². The van der Waals surface area contributed by atoms with Crippen LogP contribution in [0, 0.1) is 0 Å². The summed E-state index contributed by atoms with van der Waals surface area (Å²) in [5.41, 5.74) is 1.42. The number of carbonyl (C=O) groups is 2. The molecule has 2 aromatic rings. The molecule has 0 spiro atoms. The zero-order chi connectivity index (χ0) is 13.4. The van der Waals surface area contributed by atoms with Gasteiger partial charge in [0.2, 0.25) is 11.9 Å². The van der Waals surface area contributed by atoms with E-state index in [1.54, 1.807) is 6.07 Å². The third-order valence-corrected chi connectivity index (χ3v) is 2.86. The molecular weight excluding hydrogens is 248 g/mol. The summed E-state index contributed by atoms with van der Waals surface area (Å²) >= 11 is 0. The number of aromatic amines is 1. The number of nitrogens with one attached hydrogen (secondary N) is 1. The number of H-pyrrole nitrogens is 1. The van der Waals surface area contributed by atoms with Crippen LogP contribution >= 0.6 is 0 Å². The van der Waals surface area contributed by atoms with Gasteiger partial charge in [0.05, 0.1) is 11.0 Å². The maximum atomic E-state index is 11.8. The lowest BCUT2D eigenvalue weighted by atomic mass is 10.2. The van der Waals surface area contributed by atoms with Crippen LogP contribution in [0.25, 0.3) is 11.0 Å². The lowest BCUT2D eigenvalue weighted by molar-refractivity contribution is -0.129. The first-order valence-corrected chi connectivity index (χ1v) is 5.73. The fourth-order valence-corrected chi connectivity index (χ4v) is 1.91. The molecule has 0 unspecified atom stereocenters. The predicted octanol–water partition coefficient (Wildman–Crippen LogP) is 1.13. The number of benzene rings is 1. The monoisotopic (exact) mass is 258 g/mol. The number of para-hydroxylation sites is 2. The van der Waals surface area contributed by atoms with E-state index in [2.05, 4.69) is 15.1 Å². The van der Waals surface area contributed by atoms with Crippen LogP contribution in [0.5, 0.6) is 0 Å². The first-order chi connectivity index (χ1) is 9.15. The van der Waals surface area contributed by atoms with Crippen LogP contribution in [0.1, 0.15) is 12.8 Å². The van der Waals surface area contributed by atoms with Crippen molar-refractivity contribution in [3.63, 3.8) is 0 Å². The minimum absolute atomic E-state index is 0.0416. The van der Waals surface area contributed by atoms with Crippen molar-refractivity contribution in [2.75, 3.05) is 5.01 Å². The third kappa shape index (κ3) is 1.95. The fourth-order valence-electron chi connectivity index (χ4n) is 1.91. The van der Waals surface area contributed by atoms with Crippen LogP contribution < -0.4 is 5.01 Å². The lowest BCUT2D eigenvalue weighted by Crippen LogP contribution is -2.34. The molecule has 0 saturated heterocycles. The third-order valence-electron chi connectivity index (χ3n) is 2.86.